The number of hydrogen-bond donors (Lipinski definition) is 1. The lowest BCUT2D eigenvalue weighted by Gasteiger charge is -2.23. The Labute approximate surface area is 114 Å². The van der Waals surface area contributed by atoms with Crippen LogP contribution < -0.4 is 5.32 Å². The largest absolute Gasteiger partial charge is 0.416 e. The van der Waals surface area contributed by atoms with E-state index in [-0.39, 0.29) is 5.02 Å². The molecule has 1 saturated heterocycles. The summed E-state index contributed by atoms with van der Waals surface area (Å²) in [6.45, 7) is 1.92. The molecule has 0 spiro atoms. The molecule has 0 aliphatic carbocycles. The normalized spacial score (nSPS) is 17.7. The summed E-state index contributed by atoms with van der Waals surface area (Å²) in [5, 5.41) is 3.44. The van der Waals surface area contributed by atoms with Gasteiger partial charge in [-0.2, -0.15) is 13.2 Å². The van der Waals surface area contributed by atoms with Crippen LogP contribution in [0.5, 0.6) is 0 Å². The van der Waals surface area contributed by atoms with Crippen molar-refractivity contribution >= 4 is 11.6 Å². The molecule has 1 N–H and O–H groups in total. The molecule has 1 aliphatic rings. The van der Waals surface area contributed by atoms with Crippen molar-refractivity contribution in [1.29, 1.82) is 0 Å². The molecule has 2 nitrogen and oxygen atoms in total. The lowest BCUT2D eigenvalue weighted by molar-refractivity contribution is -0.137. The second kappa shape index (κ2) is 6.11. The van der Waals surface area contributed by atoms with Crippen molar-refractivity contribution < 1.29 is 17.9 Å². The Bertz CT molecular complexity index is 430. The number of hydrogen-bond acceptors (Lipinski definition) is 2. The Kier molecular flexibility index (Phi) is 4.71. The van der Waals surface area contributed by atoms with E-state index in [0.29, 0.717) is 18.2 Å². The summed E-state index contributed by atoms with van der Waals surface area (Å²) in [5.74, 6) is 0. The molecule has 1 fully saturated rings. The highest BCUT2D eigenvalue weighted by Crippen LogP contribution is 2.32. The van der Waals surface area contributed by atoms with Crippen LogP contribution >= 0.6 is 11.6 Å². The first kappa shape index (κ1) is 14.6. The molecular formula is C13H15ClF3NO. The van der Waals surface area contributed by atoms with E-state index in [1.807, 2.05) is 0 Å². The number of halogens is 4. The summed E-state index contributed by atoms with van der Waals surface area (Å²) >= 11 is 5.89. The molecule has 0 saturated carbocycles. The molecule has 19 heavy (non-hydrogen) atoms. The predicted molar refractivity (Wildman–Crippen MR) is 67.1 cm³/mol. The standard InChI is InChI=1S/C13H15ClF3NO/c14-12-7-10(13(15,16)17)2-1-9(12)8-18-11-3-5-19-6-4-11/h1-2,7,11,18H,3-6,8H2. The van der Waals surface area contributed by atoms with E-state index < -0.39 is 11.7 Å². The van der Waals surface area contributed by atoms with Crippen LogP contribution in [0, 0.1) is 0 Å². The minimum atomic E-state index is -4.35. The lowest BCUT2D eigenvalue weighted by Crippen LogP contribution is -2.34. The molecule has 0 atom stereocenters. The molecule has 6 heteroatoms. The minimum absolute atomic E-state index is 0.148. The first-order valence-corrected chi connectivity index (χ1v) is 6.51. The van der Waals surface area contributed by atoms with Crippen LogP contribution in [0.2, 0.25) is 5.02 Å². The summed E-state index contributed by atoms with van der Waals surface area (Å²) in [5.41, 5.74) is -0.0338. The van der Waals surface area contributed by atoms with E-state index in [1.165, 1.54) is 6.07 Å². The van der Waals surface area contributed by atoms with Gasteiger partial charge in [-0.1, -0.05) is 17.7 Å². The topological polar surface area (TPSA) is 21.3 Å². The third kappa shape index (κ3) is 4.09. The van der Waals surface area contributed by atoms with Gasteiger partial charge in [0.05, 0.1) is 5.56 Å². The lowest BCUT2D eigenvalue weighted by atomic mass is 10.1. The summed E-state index contributed by atoms with van der Waals surface area (Å²) in [7, 11) is 0. The summed E-state index contributed by atoms with van der Waals surface area (Å²) < 4.78 is 42.7. The van der Waals surface area contributed by atoms with E-state index in [1.54, 1.807) is 0 Å². The molecule has 0 bridgehead atoms. The van der Waals surface area contributed by atoms with Crippen molar-refractivity contribution in [3.05, 3.63) is 34.3 Å². The second-order valence-corrected chi connectivity index (χ2v) is 4.98. The molecule has 0 unspecified atom stereocenters. The Morgan fingerprint density at radius 2 is 1.95 bits per heavy atom. The van der Waals surface area contributed by atoms with Gasteiger partial charge >= 0.3 is 6.18 Å². The highest BCUT2D eigenvalue weighted by atomic mass is 35.5. The Morgan fingerprint density at radius 3 is 2.53 bits per heavy atom. The minimum Gasteiger partial charge on any atom is -0.381 e. The van der Waals surface area contributed by atoms with Gasteiger partial charge in [0.25, 0.3) is 0 Å². The Hall–Kier alpha value is -0.780. The zero-order chi connectivity index (χ0) is 13.9. The van der Waals surface area contributed by atoms with Crippen LogP contribution in [0.15, 0.2) is 18.2 Å². The zero-order valence-electron chi connectivity index (χ0n) is 10.3. The second-order valence-electron chi connectivity index (χ2n) is 4.57. The maximum Gasteiger partial charge on any atom is 0.416 e. The van der Waals surface area contributed by atoms with Crippen molar-refractivity contribution in [2.45, 2.75) is 31.6 Å². The monoisotopic (exact) mass is 293 g/mol. The van der Waals surface area contributed by atoms with Gasteiger partial charge in [0.15, 0.2) is 0 Å². The Balaban J connectivity index is 1.97. The van der Waals surface area contributed by atoms with Crippen LogP contribution in [-0.4, -0.2) is 19.3 Å². The molecule has 0 aromatic heterocycles. The van der Waals surface area contributed by atoms with E-state index >= 15 is 0 Å². The van der Waals surface area contributed by atoms with E-state index in [9.17, 15) is 13.2 Å². The van der Waals surface area contributed by atoms with Gasteiger partial charge < -0.3 is 10.1 Å². The van der Waals surface area contributed by atoms with Gasteiger partial charge in [0, 0.05) is 30.8 Å². The van der Waals surface area contributed by atoms with Crippen LogP contribution in [0.1, 0.15) is 24.0 Å². The first-order valence-electron chi connectivity index (χ1n) is 6.13. The van der Waals surface area contributed by atoms with Crippen molar-refractivity contribution in [3.8, 4) is 0 Å². The molecule has 1 aromatic carbocycles. The van der Waals surface area contributed by atoms with Gasteiger partial charge in [-0.15, -0.1) is 0 Å². The van der Waals surface area contributed by atoms with Gasteiger partial charge in [0.2, 0.25) is 0 Å². The van der Waals surface area contributed by atoms with Gasteiger partial charge in [0.1, 0.15) is 0 Å². The maximum absolute atomic E-state index is 12.5. The quantitative estimate of drug-likeness (QED) is 0.919. The summed E-state index contributed by atoms with van der Waals surface area (Å²) in [4.78, 5) is 0. The summed E-state index contributed by atoms with van der Waals surface area (Å²) in [6.07, 6.45) is -2.52. The van der Waals surface area contributed by atoms with Crippen molar-refractivity contribution in [2.75, 3.05) is 13.2 Å². The predicted octanol–water partition coefficient (Wildman–Crippen LogP) is 3.63. The smallest absolute Gasteiger partial charge is 0.381 e. The molecular weight excluding hydrogens is 279 g/mol. The number of ether oxygens (including phenoxy) is 1. The van der Waals surface area contributed by atoms with E-state index in [2.05, 4.69) is 5.32 Å². The van der Waals surface area contributed by atoms with Gasteiger partial charge in [-0.3, -0.25) is 0 Å². The highest BCUT2D eigenvalue weighted by molar-refractivity contribution is 6.31. The van der Waals surface area contributed by atoms with Gasteiger partial charge in [-0.05, 0) is 30.5 Å². The van der Waals surface area contributed by atoms with Gasteiger partial charge in [-0.25, -0.2) is 0 Å². The maximum atomic E-state index is 12.5. The molecule has 1 heterocycles. The van der Waals surface area contributed by atoms with E-state index in [0.717, 1.165) is 38.2 Å². The van der Waals surface area contributed by atoms with Crippen molar-refractivity contribution in [3.63, 3.8) is 0 Å². The van der Waals surface area contributed by atoms with Crippen molar-refractivity contribution in [1.82, 2.24) is 5.32 Å². The molecule has 0 radical (unpaired) electrons. The fourth-order valence-corrected chi connectivity index (χ4v) is 2.27. The van der Waals surface area contributed by atoms with Crippen LogP contribution in [0.4, 0.5) is 13.2 Å². The average molecular weight is 294 g/mol. The fraction of sp³-hybridized carbons (Fsp3) is 0.538. The van der Waals surface area contributed by atoms with E-state index in [4.69, 9.17) is 16.3 Å². The first-order chi connectivity index (χ1) is 8.97. The number of rotatable bonds is 3. The summed E-state index contributed by atoms with van der Waals surface area (Å²) in [6, 6.07) is 3.81. The molecule has 1 aliphatic heterocycles. The highest BCUT2D eigenvalue weighted by Gasteiger charge is 2.30. The molecule has 106 valence electrons. The van der Waals surface area contributed by atoms with Crippen molar-refractivity contribution in [2.24, 2.45) is 0 Å². The third-order valence-corrected chi connectivity index (χ3v) is 3.53. The number of nitrogens with one attached hydrogen (secondary N) is 1. The molecule has 0 amide bonds. The molecule has 2 rings (SSSR count). The molecule has 1 aromatic rings. The SMILES string of the molecule is FC(F)(F)c1ccc(CNC2CCOCC2)c(Cl)c1. The fourth-order valence-electron chi connectivity index (χ4n) is 2.02. The average Bonchev–Trinajstić information content (AvgIpc) is 2.37. The van der Waals surface area contributed by atoms with Crippen LogP contribution in [0.3, 0.4) is 0 Å². The Morgan fingerprint density at radius 1 is 1.26 bits per heavy atom. The number of benzene rings is 1. The zero-order valence-corrected chi connectivity index (χ0v) is 11.0. The van der Waals surface area contributed by atoms with Crippen LogP contribution in [-0.2, 0) is 17.5 Å². The third-order valence-electron chi connectivity index (χ3n) is 3.18. The van der Waals surface area contributed by atoms with Crippen LogP contribution in [0.25, 0.3) is 0 Å². The number of alkyl halides is 3.